The smallest absolute Gasteiger partial charge is 0.338 e. The van der Waals surface area contributed by atoms with Crippen molar-refractivity contribution in [3.63, 3.8) is 0 Å². The molecular formula is C19H22O6. The second-order valence-corrected chi connectivity index (χ2v) is 7.92. The molecule has 2 fully saturated rings. The van der Waals surface area contributed by atoms with Crippen LogP contribution in [0.3, 0.4) is 0 Å². The summed E-state index contributed by atoms with van der Waals surface area (Å²) in [4.78, 5) is 23.7. The lowest BCUT2D eigenvalue weighted by Gasteiger charge is -2.42. The van der Waals surface area contributed by atoms with E-state index in [-0.39, 0.29) is 23.4 Å². The second kappa shape index (κ2) is 5.46. The first-order valence-electron chi connectivity index (χ1n) is 8.63. The predicted molar refractivity (Wildman–Crippen MR) is 86.8 cm³/mol. The molecule has 134 valence electrons. The highest BCUT2D eigenvalue weighted by Gasteiger charge is 2.56. The number of aliphatic hydroxyl groups excluding tert-OH is 1. The minimum Gasteiger partial charge on any atom is -0.458 e. The van der Waals surface area contributed by atoms with E-state index in [1.807, 2.05) is 6.08 Å². The summed E-state index contributed by atoms with van der Waals surface area (Å²) in [6, 6.07) is 0. The van der Waals surface area contributed by atoms with Gasteiger partial charge in [-0.1, -0.05) is 19.9 Å². The molecule has 1 N–H and O–H groups in total. The van der Waals surface area contributed by atoms with Crippen molar-refractivity contribution in [1.29, 1.82) is 0 Å². The largest absolute Gasteiger partial charge is 0.458 e. The van der Waals surface area contributed by atoms with Gasteiger partial charge in [-0.2, -0.15) is 0 Å². The molecular weight excluding hydrogens is 324 g/mol. The van der Waals surface area contributed by atoms with E-state index < -0.39 is 24.3 Å². The molecule has 1 saturated carbocycles. The number of aliphatic hydroxyl groups is 1. The van der Waals surface area contributed by atoms with Gasteiger partial charge in [0.15, 0.2) is 0 Å². The molecule has 0 spiro atoms. The maximum absolute atomic E-state index is 12.3. The van der Waals surface area contributed by atoms with Crippen molar-refractivity contribution in [1.82, 2.24) is 0 Å². The Bertz CT molecular complexity index is 728. The molecule has 2 heterocycles. The summed E-state index contributed by atoms with van der Waals surface area (Å²) in [6.07, 6.45) is 4.88. The highest BCUT2D eigenvalue weighted by Crippen LogP contribution is 2.55. The zero-order valence-electron chi connectivity index (χ0n) is 14.5. The van der Waals surface area contributed by atoms with Gasteiger partial charge < -0.3 is 19.3 Å². The van der Waals surface area contributed by atoms with Gasteiger partial charge in [-0.3, -0.25) is 0 Å². The Kier molecular flexibility index (Phi) is 3.58. The van der Waals surface area contributed by atoms with Gasteiger partial charge >= 0.3 is 11.9 Å². The molecule has 6 nitrogen and oxygen atoms in total. The summed E-state index contributed by atoms with van der Waals surface area (Å²) in [5, 5.41) is 10.4. The molecule has 0 aromatic carbocycles. The molecule has 0 aromatic rings. The number of rotatable bonds is 2. The van der Waals surface area contributed by atoms with Crippen LogP contribution in [-0.2, 0) is 23.8 Å². The van der Waals surface area contributed by atoms with Crippen LogP contribution in [-0.4, -0.2) is 35.5 Å². The number of hydrogen-bond acceptors (Lipinski definition) is 6. The number of hydrogen-bond donors (Lipinski definition) is 1. The fourth-order valence-corrected chi connectivity index (χ4v) is 4.42. The monoisotopic (exact) mass is 346 g/mol. The lowest BCUT2D eigenvalue weighted by molar-refractivity contribution is -0.152. The molecule has 0 aromatic heterocycles. The Labute approximate surface area is 146 Å². The zero-order chi connectivity index (χ0) is 17.9. The van der Waals surface area contributed by atoms with Crippen LogP contribution in [0, 0.1) is 17.3 Å². The third kappa shape index (κ3) is 2.51. The van der Waals surface area contributed by atoms with Gasteiger partial charge in [0.2, 0.25) is 0 Å². The summed E-state index contributed by atoms with van der Waals surface area (Å²) < 4.78 is 16.1. The standard InChI is InChI=1S/C19H22O6/c1-9-6-14(24-17(9)21)23-8-12-10-7-11-13(20)4-5-19(2,3)15(11)16(10)25-18(12)22/h6-8,10,13-16,20H,4-5H2,1-3H3/b12-8+/t10-,13-,14+,15-,16+/m1/s1. The van der Waals surface area contributed by atoms with Crippen molar-refractivity contribution >= 4 is 11.9 Å². The van der Waals surface area contributed by atoms with Crippen molar-refractivity contribution in [3.8, 4) is 0 Å². The molecule has 4 rings (SSSR count). The average molecular weight is 346 g/mol. The van der Waals surface area contributed by atoms with Crippen LogP contribution in [0.4, 0.5) is 0 Å². The van der Waals surface area contributed by atoms with Gasteiger partial charge in [0.05, 0.1) is 23.9 Å². The van der Waals surface area contributed by atoms with Crippen molar-refractivity contribution in [3.05, 3.63) is 35.1 Å². The van der Waals surface area contributed by atoms with E-state index in [1.165, 1.54) is 6.26 Å². The number of fused-ring (bicyclic) bond motifs is 3. The quantitative estimate of drug-likeness (QED) is 0.356. The minimum absolute atomic E-state index is 0.0162. The molecule has 1 saturated heterocycles. The van der Waals surface area contributed by atoms with Gasteiger partial charge in [0, 0.05) is 17.6 Å². The van der Waals surface area contributed by atoms with Gasteiger partial charge in [-0.05, 0) is 30.8 Å². The topological polar surface area (TPSA) is 82.1 Å². The maximum Gasteiger partial charge on any atom is 0.338 e. The number of carbonyl (C=O) groups excluding carboxylic acids is 2. The molecule has 5 atom stereocenters. The molecule has 0 radical (unpaired) electrons. The molecule has 25 heavy (non-hydrogen) atoms. The minimum atomic E-state index is -0.815. The van der Waals surface area contributed by atoms with Crippen LogP contribution in [0.2, 0.25) is 0 Å². The normalized spacial score (nSPS) is 40.2. The van der Waals surface area contributed by atoms with E-state index in [4.69, 9.17) is 14.2 Å². The second-order valence-electron chi connectivity index (χ2n) is 7.92. The first-order valence-corrected chi connectivity index (χ1v) is 8.63. The molecule has 0 amide bonds. The molecule has 0 unspecified atom stereocenters. The Balaban J connectivity index is 1.59. The van der Waals surface area contributed by atoms with E-state index in [2.05, 4.69) is 13.8 Å². The lowest BCUT2D eigenvalue weighted by atomic mass is 9.65. The number of esters is 2. The SMILES string of the molecule is CC1=C[C@@H](O/C=C2/C(=O)O[C@H]3[C@@H]2C=C2[C@H](O)CCC(C)(C)[C@H]23)OC1=O. The first-order chi connectivity index (χ1) is 11.8. The Morgan fingerprint density at radius 1 is 1.24 bits per heavy atom. The molecule has 0 bridgehead atoms. The van der Waals surface area contributed by atoms with Crippen LogP contribution in [0.5, 0.6) is 0 Å². The fourth-order valence-electron chi connectivity index (χ4n) is 4.42. The molecule has 2 aliphatic carbocycles. The Hall–Kier alpha value is -2.08. The number of carbonyl (C=O) groups is 2. The summed E-state index contributed by atoms with van der Waals surface area (Å²) in [6.45, 7) is 5.95. The number of ether oxygens (including phenoxy) is 3. The van der Waals surface area contributed by atoms with Gasteiger partial charge in [-0.15, -0.1) is 0 Å². The van der Waals surface area contributed by atoms with E-state index >= 15 is 0 Å². The molecule has 6 heteroatoms. The van der Waals surface area contributed by atoms with Crippen molar-refractivity contribution in [2.75, 3.05) is 0 Å². The Morgan fingerprint density at radius 2 is 2.00 bits per heavy atom. The highest BCUT2D eigenvalue weighted by atomic mass is 16.7. The van der Waals surface area contributed by atoms with Gasteiger partial charge in [0.25, 0.3) is 6.29 Å². The van der Waals surface area contributed by atoms with Crippen LogP contribution < -0.4 is 0 Å². The third-order valence-electron chi connectivity index (χ3n) is 5.80. The van der Waals surface area contributed by atoms with Crippen LogP contribution in [0.1, 0.15) is 33.6 Å². The zero-order valence-corrected chi connectivity index (χ0v) is 14.5. The van der Waals surface area contributed by atoms with Gasteiger partial charge in [0.1, 0.15) is 6.10 Å². The molecule has 2 aliphatic heterocycles. The van der Waals surface area contributed by atoms with Crippen LogP contribution >= 0.6 is 0 Å². The van der Waals surface area contributed by atoms with E-state index in [1.54, 1.807) is 13.0 Å². The summed E-state index contributed by atoms with van der Waals surface area (Å²) in [5.41, 5.74) is 1.81. The maximum atomic E-state index is 12.3. The van der Waals surface area contributed by atoms with Crippen molar-refractivity contribution in [2.24, 2.45) is 17.3 Å². The number of cyclic esters (lactones) is 1. The predicted octanol–water partition coefficient (Wildman–Crippen LogP) is 1.99. The lowest BCUT2D eigenvalue weighted by Crippen LogP contribution is -2.41. The average Bonchev–Trinajstić information content (AvgIpc) is 3.15. The third-order valence-corrected chi connectivity index (χ3v) is 5.80. The summed E-state index contributed by atoms with van der Waals surface area (Å²) >= 11 is 0. The Morgan fingerprint density at radius 3 is 2.68 bits per heavy atom. The highest BCUT2D eigenvalue weighted by molar-refractivity contribution is 5.92. The van der Waals surface area contributed by atoms with Crippen molar-refractivity contribution < 1.29 is 28.9 Å². The summed E-state index contributed by atoms with van der Waals surface area (Å²) in [5.74, 6) is -1.05. The van der Waals surface area contributed by atoms with E-state index in [9.17, 15) is 14.7 Å². The molecule has 4 aliphatic rings. The van der Waals surface area contributed by atoms with E-state index in [0.717, 1.165) is 18.4 Å². The summed E-state index contributed by atoms with van der Waals surface area (Å²) in [7, 11) is 0. The van der Waals surface area contributed by atoms with Crippen molar-refractivity contribution in [2.45, 2.75) is 52.1 Å². The van der Waals surface area contributed by atoms with Crippen LogP contribution in [0.15, 0.2) is 35.1 Å². The van der Waals surface area contributed by atoms with Crippen LogP contribution in [0.25, 0.3) is 0 Å². The van der Waals surface area contributed by atoms with Gasteiger partial charge in [-0.25, -0.2) is 9.59 Å². The van der Waals surface area contributed by atoms with E-state index in [0.29, 0.717) is 11.1 Å². The first kappa shape index (κ1) is 16.4. The fraction of sp³-hybridized carbons (Fsp3) is 0.579.